The average Bonchev–Trinajstić information content (AvgIpc) is 2.56. The van der Waals surface area contributed by atoms with Crippen LogP contribution >= 0.6 is 11.8 Å². The van der Waals surface area contributed by atoms with Gasteiger partial charge in [0.05, 0.1) is 5.25 Å². The van der Waals surface area contributed by atoms with Crippen LogP contribution in [0.5, 0.6) is 0 Å². The standard InChI is InChI=1S/C14H22N6O3S/c1-8-12(22)20(15)14(19-18-8)24-9(2)11(21)17-13(23)16-10-6-4-3-5-7-10/h9-10H,3-7,15H2,1-2H3,(H2,16,17,21,23)/t9-/m0/s1. The molecule has 1 saturated carbocycles. The highest BCUT2D eigenvalue weighted by molar-refractivity contribution is 8.00. The van der Waals surface area contributed by atoms with E-state index < -0.39 is 22.7 Å². The van der Waals surface area contributed by atoms with Crippen molar-refractivity contribution < 1.29 is 9.59 Å². The molecule has 1 heterocycles. The highest BCUT2D eigenvalue weighted by Crippen LogP contribution is 2.19. The second-order valence-electron chi connectivity index (χ2n) is 5.80. The summed E-state index contributed by atoms with van der Waals surface area (Å²) in [6.07, 6.45) is 5.23. The molecule has 24 heavy (non-hydrogen) atoms. The van der Waals surface area contributed by atoms with Gasteiger partial charge in [-0.05, 0) is 26.7 Å². The molecule has 1 aromatic heterocycles. The molecule has 4 N–H and O–H groups in total. The highest BCUT2D eigenvalue weighted by Gasteiger charge is 2.22. The molecule has 9 nitrogen and oxygen atoms in total. The minimum atomic E-state index is -0.659. The average molecular weight is 354 g/mol. The third-order valence-corrected chi connectivity index (χ3v) is 4.91. The van der Waals surface area contributed by atoms with Gasteiger partial charge in [0.25, 0.3) is 5.56 Å². The Labute approximate surface area is 143 Å². The van der Waals surface area contributed by atoms with E-state index in [2.05, 4.69) is 20.8 Å². The Morgan fingerprint density at radius 1 is 1.29 bits per heavy atom. The first-order valence-electron chi connectivity index (χ1n) is 7.88. The van der Waals surface area contributed by atoms with Gasteiger partial charge in [-0.15, -0.1) is 10.2 Å². The number of carbonyl (C=O) groups excluding carboxylic acids is 2. The first kappa shape index (κ1) is 18.2. The van der Waals surface area contributed by atoms with E-state index in [-0.39, 0.29) is 16.9 Å². The molecule has 0 radical (unpaired) electrons. The van der Waals surface area contributed by atoms with E-state index >= 15 is 0 Å². The summed E-state index contributed by atoms with van der Waals surface area (Å²) in [5.74, 6) is 5.14. The second kappa shape index (κ2) is 8.13. The molecule has 0 saturated heterocycles. The Morgan fingerprint density at radius 3 is 2.62 bits per heavy atom. The quantitative estimate of drug-likeness (QED) is 0.523. The van der Waals surface area contributed by atoms with Crippen LogP contribution in [0.1, 0.15) is 44.7 Å². The van der Waals surface area contributed by atoms with Gasteiger partial charge in [0.15, 0.2) is 0 Å². The largest absolute Gasteiger partial charge is 0.335 e. The van der Waals surface area contributed by atoms with E-state index in [0.717, 1.165) is 42.1 Å². The number of imide groups is 1. The highest BCUT2D eigenvalue weighted by atomic mass is 32.2. The van der Waals surface area contributed by atoms with Crippen molar-refractivity contribution in [2.45, 2.75) is 62.4 Å². The van der Waals surface area contributed by atoms with Gasteiger partial charge in [0.1, 0.15) is 5.69 Å². The van der Waals surface area contributed by atoms with E-state index in [0.29, 0.717) is 0 Å². The number of rotatable bonds is 4. The maximum Gasteiger partial charge on any atom is 0.321 e. The Bertz CT molecular complexity index is 671. The van der Waals surface area contributed by atoms with Crippen molar-refractivity contribution in [3.63, 3.8) is 0 Å². The molecule has 0 aliphatic heterocycles. The molecule has 1 aliphatic carbocycles. The summed E-state index contributed by atoms with van der Waals surface area (Å²) in [5, 5.41) is 12.1. The number of nitrogens with two attached hydrogens (primary N) is 1. The number of hydrogen-bond donors (Lipinski definition) is 3. The van der Waals surface area contributed by atoms with E-state index in [1.54, 1.807) is 6.92 Å². The fourth-order valence-corrected chi connectivity index (χ4v) is 3.21. The van der Waals surface area contributed by atoms with Crippen LogP contribution in [-0.2, 0) is 4.79 Å². The van der Waals surface area contributed by atoms with Gasteiger partial charge in [0, 0.05) is 6.04 Å². The number of aromatic nitrogens is 3. The van der Waals surface area contributed by atoms with Crippen molar-refractivity contribution in [2.24, 2.45) is 0 Å². The minimum Gasteiger partial charge on any atom is -0.335 e. The van der Waals surface area contributed by atoms with Crippen molar-refractivity contribution in [3.05, 3.63) is 16.0 Å². The zero-order valence-corrected chi connectivity index (χ0v) is 14.6. The first-order chi connectivity index (χ1) is 11.4. The third kappa shape index (κ3) is 4.70. The molecule has 0 bridgehead atoms. The van der Waals surface area contributed by atoms with E-state index in [1.165, 1.54) is 13.3 Å². The van der Waals surface area contributed by atoms with E-state index in [1.807, 2.05) is 0 Å². The second-order valence-corrected chi connectivity index (χ2v) is 7.11. The van der Waals surface area contributed by atoms with Gasteiger partial charge in [-0.3, -0.25) is 14.9 Å². The lowest BCUT2D eigenvalue weighted by Crippen LogP contribution is -2.47. The lowest BCUT2D eigenvalue weighted by Gasteiger charge is -2.23. The minimum absolute atomic E-state index is 0.112. The van der Waals surface area contributed by atoms with Gasteiger partial charge >= 0.3 is 6.03 Å². The normalized spacial score (nSPS) is 16.4. The predicted octanol–water partition coefficient (Wildman–Crippen LogP) is 0.300. The molecule has 10 heteroatoms. The Kier molecular flexibility index (Phi) is 6.18. The SMILES string of the molecule is Cc1nnc(S[C@@H](C)C(=O)NC(=O)NC2CCCCC2)n(N)c1=O. The molecule has 0 unspecified atom stereocenters. The van der Waals surface area contributed by atoms with Crippen LogP contribution in [0.4, 0.5) is 4.79 Å². The lowest BCUT2D eigenvalue weighted by molar-refractivity contribution is -0.119. The van der Waals surface area contributed by atoms with E-state index in [9.17, 15) is 14.4 Å². The summed E-state index contributed by atoms with van der Waals surface area (Å²) in [6, 6.07) is -0.383. The molecular weight excluding hydrogens is 332 g/mol. The molecular formula is C14H22N6O3S. The molecule has 1 aromatic rings. The smallest absolute Gasteiger partial charge is 0.321 e. The number of carbonyl (C=O) groups is 2. The summed E-state index contributed by atoms with van der Waals surface area (Å²) in [4.78, 5) is 35.7. The molecule has 1 atom stereocenters. The molecule has 2 rings (SSSR count). The number of hydrogen-bond acceptors (Lipinski definition) is 7. The van der Waals surface area contributed by atoms with Crippen molar-refractivity contribution >= 4 is 23.7 Å². The monoisotopic (exact) mass is 354 g/mol. The summed E-state index contributed by atoms with van der Waals surface area (Å²) >= 11 is 0.962. The van der Waals surface area contributed by atoms with Crippen LogP contribution in [-0.4, -0.2) is 38.1 Å². The third-order valence-electron chi connectivity index (χ3n) is 3.85. The number of urea groups is 1. The number of nitrogen functional groups attached to an aromatic ring is 1. The number of aryl methyl sites for hydroxylation is 1. The summed E-state index contributed by atoms with van der Waals surface area (Å²) in [5.41, 5.74) is -0.305. The predicted molar refractivity (Wildman–Crippen MR) is 90.0 cm³/mol. The van der Waals surface area contributed by atoms with Crippen LogP contribution < -0.4 is 22.0 Å². The molecule has 3 amide bonds. The number of nitrogens with zero attached hydrogens (tertiary/aromatic N) is 3. The first-order valence-corrected chi connectivity index (χ1v) is 8.76. The van der Waals surface area contributed by atoms with Crippen molar-refractivity contribution in [1.29, 1.82) is 0 Å². The van der Waals surface area contributed by atoms with Gasteiger partial charge < -0.3 is 11.2 Å². The maximum absolute atomic E-state index is 12.1. The Morgan fingerprint density at radius 2 is 1.96 bits per heavy atom. The number of nitrogens with one attached hydrogen (secondary N) is 2. The van der Waals surface area contributed by atoms with Crippen LogP contribution in [0, 0.1) is 6.92 Å². The molecule has 132 valence electrons. The van der Waals surface area contributed by atoms with Crippen LogP contribution in [0.15, 0.2) is 9.95 Å². The van der Waals surface area contributed by atoms with Crippen LogP contribution in [0.25, 0.3) is 0 Å². The fourth-order valence-electron chi connectivity index (χ4n) is 2.44. The molecule has 0 aromatic carbocycles. The van der Waals surface area contributed by atoms with Crippen molar-refractivity contribution in [2.75, 3.05) is 5.84 Å². The zero-order valence-electron chi connectivity index (χ0n) is 13.7. The number of amides is 3. The fraction of sp³-hybridized carbons (Fsp3) is 0.643. The Balaban J connectivity index is 1.89. The van der Waals surface area contributed by atoms with Gasteiger partial charge in [-0.1, -0.05) is 31.0 Å². The molecule has 1 aliphatic rings. The Hall–Kier alpha value is -2.10. The zero-order chi connectivity index (χ0) is 17.7. The van der Waals surface area contributed by atoms with E-state index in [4.69, 9.17) is 5.84 Å². The van der Waals surface area contributed by atoms with Crippen molar-refractivity contribution in [3.8, 4) is 0 Å². The maximum atomic E-state index is 12.1. The molecule has 0 spiro atoms. The lowest BCUT2D eigenvalue weighted by atomic mass is 9.96. The molecule has 1 fully saturated rings. The van der Waals surface area contributed by atoms with Crippen molar-refractivity contribution in [1.82, 2.24) is 25.5 Å². The van der Waals surface area contributed by atoms with Gasteiger partial charge in [-0.25, -0.2) is 4.79 Å². The van der Waals surface area contributed by atoms with Crippen LogP contribution in [0.3, 0.4) is 0 Å². The summed E-state index contributed by atoms with van der Waals surface area (Å²) < 4.78 is 0.846. The summed E-state index contributed by atoms with van der Waals surface area (Å²) in [7, 11) is 0. The topological polar surface area (TPSA) is 132 Å². The van der Waals surface area contributed by atoms with Crippen LogP contribution in [0.2, 0.25) is 0 Å². The number of thioether (sulfide) groups is 1. The van der Waals surface area contributed by atoms with Gasteiger partial charge in [0.2, 0.25) is 11.1 Å². The van der Waals surface area contributed by atoms with Gasteiger partial charge in [-0.2, -0.15) is 4.68 Å². The summed E-state index contributed by atoms with van der Waals surface area (Å²) in [6.45, 7) is 3.10.